The van der Waals surface area contributed by atoms with Gasteiger partial charge >= 0.3 is 5.97 Å². The van der Waals surface area contributed by atoms with E-state index in [-0.39, 0.29) is 17.4 Å². The van der Waals surface area contributed by atoms with Crippen molar-refractivity contribution in [3.63, 3.8) is 0 Å². The Bertz CT molecular complexity index is 513. The predicted octanol–water partition coefficient (Wildman–Crippen LogP) is 3.59. The van der Waals surface area contributed by atoms with Crippen LogP contribution in [0.2, 0.25) is 0 Å². The van der Waals surface area contributed by atoms with Crippen LogP contribution >= 0.6 is 0 Å². The molecular formula is C17H25NO3. The van der Waals surface area contributed by atoms with Gasteiger partial charge in [0.05, 0.1) is 0 Å². The van der Waals surface area contributed by atoms with Crippen LogP contribution < -0.4 is 5.73 Å². The second-order valence-electron chi connectivity index (χ2n) is 6.55. The number of hydrogen-bond acceptors (Lipinski definition) is 4. The number of hydrogen-bond donors (Lipinski definition) is 2. The molecule has 1 fully saturated rings. The van der Waals surface area contributed by atoms with Crippen molar-refractivity contribution in [2.75, 3.05) is 5.73 Å². The first-order valence-electron chi connectivity index (χ1n) is 7.68. The zero-order valence-electron chi connectivity index (χ0n) is 13.0. The molecule has 21 heavy (non-hydrogen) atoms. The summed E-state index contributed by atoms with van der Waals surface area (Å²) >= 11 is 0. The zero-order valence-corrected chi connectivity index (χ0v) is 13.0. The maximum absolute atomic E-state index is 12.3. The van der Waals surface area contributed by atoms with Crippen LogP contribution in [0.15, 0.2) is 18.2 Å². The van der Waals surface area contributed by atoms with Gasteiger partial charge in [-0.15, -0.1) is 0 Å². The van der Waals surface area contributed by atoms with Crippen molar-refractivity contribution in [3.8, 4) is 5.75 Å². The molecule has 0 heterocycles. The molecule has 0 saturated heterocycles. The van der Waals surface area contributed by atoms with Crippen LogP contribution in [0, 0.1) is 17.8 Å². The van der Waals surface area contributed by atoms with Gasteiger partial charge in [-0.1, -0.05) is 27.2 Å². The third-order valence-electron chi connectivity index (χ3n) is 4.46. The first kappa shape index (κ1) is 15.7. The Morgan fingerprint density at radius 1 is 1.38 bits per heavy atom. The molecule has 3 unspecified atom stereocenters. The van der Waals surface area contributed by atoms with Crippen molar-refractivity contribution in [2.24, 2.45) is 17.8 Å². The summed E-state index contributed by atoms with van der Waals surface area (Å²) in [5.74, 6) is 0.858. The normalized spacial score (nSPS) is 25.8. The average molecular weight is 291 g/mol. The van der Waals surface area contributed by atoms with Crippen LogP contribution in [-0.4, -0.2) is 17.2 Å². The Labute approximate surface area is 126 Å². The number of carbonyl (C=O) groups excluding carboxylic acids is 1. The van der Waals surface area contributed by atoms with Crippen LogP contribution in [0.25, 0.3) is 0 Å². The van der Waals surface area contributed by atoms with Gasteiger partial charge in [0.25, 0.3) is 0 Å². The summed E-state index contributed by atoms with van der Waals surface area (Å²) in [6.45, 7) is 6.53. The zero-order chi connectivity index (χ0) is 15.6. The number of phenols is 1. The Balaban J connectivity index is 2.12. The van der Waals surface area contributed by atoms with Crippen molar-refractivity contribution in [1.29, 1.82) is 0 Å². The van der Waals surface area contributed by atoms with Crippen LogP contribution in [0.3, 0.4) is 0 Å². The summed E-state index contributed by atoms with van der Waals surface area (Å²) in [7, 11) is 0. The van der Waals surface area contributed by atoms with E-state index < -0.39 is 5.97 Å². The van der Waals surface area contributed by atoms with Crippen molar-refractivity contribution < 1.29 is 14.6 Å². The standard InChI is InChI=1S/C17H25NO3/c1-10(2)13-6-4-11(3)8-16(13)21-17(20)14-7-5-12(18)9-15(14)19/h5,7,9-11,13,16,19H,4,6,8,18H2,1-3H3. The second kappa shape index (κ2) is 6.37. The molecule has 1 aromatic carbocycles. The van der Waals surface area contributed by atoms with E-state index >= 15 is 0 Å². The molecule has 0 amide bonds. The Morgan fingerprint density at radius 2 is 2.10 bits per heavy atom. The number of benzene rings is 1. The molecule has 2 rings (SSSR count). The van der Waals surface area contributed by atoms with Gasteiger partial charge < -0.3 is 15.6 Å². The lowest BCUT2D eigenvalue weighted by molar-refractivity contribution is -0.0175. The molecule has 116 valence electrons. The lowest BCUT2D eigenvalue weighted by Crippen LogP contribution is -2.35. The Morgan fingerprint density at radius 3 is 2.71 bits per heavy atom. The van der Waals surface area contributed by atoms with Crippen LogP contribution in [0.5, 0.6) is 5.75 Å². The van der Waals surface area contributed by atoms with E-state index in [1.54, 1.807) is 6.07 Å². The first-order chi connectivity index (χ1) is 9.88. The topological polar surface area (TPSA) is 72.5 Å². The monoisotopic (exact) mass is 291 g/mol. The van der Waals surface area contributed by atoms with E-state index in [1.165, 1.54) is 18.6 Å². The lowest BCUT2D eigenvalue weighted by atomic mass is 9.75. The number of esters is 1. The highest BCUT2D eigenvalue weighted by molar-refractivity contribution is 5.93. The molecule has 1 aliphatic rings. The van der Waals surface area contributed by atoms with E-state index in [4.69, 9.17) is 10.5 Å². The van der Waals surface area contributed by atoms with E-state index in [0.29, 0.717) is 23.4 Å². The van der Waals surface area contributed by atoms with Gasteiger partial charge in [-0.2, -0.15) is 0 Å². The van der Waals surface area contributed by atoms with Gasteiger partial charge in [-0.25, -0.2) is 4.79 Å². The van der Waals surface area contributed by atoms with Gasteiger partial charge in [0.15, 0.2) is 0 Å². The van der Waals surface area contributed by atoms with Crippen LogP contribution in [-0.2, 0) is 4.74 Å². The molecule has 1 saturated carbocycles. The SMILES string of the molecule is CC1CCC(C(C)C)C(OC(=O)c2ccc(N)cc2O)C1. The summed E-state index contributed by atoms with van der Waals surface area (Å²) in [4.78, 5) is 12.3. The highest BCUT2D eigenvalue weighted by Gasteiger charge is 2.33. The van der Waals surface area contributed by atoms with Crippen molar-refractivity contribution in [1.82, 2.24) is 0 Å². The number of anilines is 1. The number of rotatable bonds is 3. The van der Waals surface area contributed by atoms with Gasteiger partial charge in [0, 0.05) is 11.8 Å². The molecule has 0 aromatic heterocycles. The Hall–Kier alpha value is -1.71. The van der Waals surface area contributed by atoms with Gasteiger partial charge in [0.2, 0.25) is 0 Å². The number of nitrogens with two attached hydrogens (primary N) is 1. The highest BCUT2D eigenvalue weighted by atomic mass is 16.5. The fourth-order valence-corrected chi connectivity index (χ4v) is 3.17. The molecule has 1 aromatic rings. The minimum atomic E-state index is -0.461. The molecule has 0 radical (unpaired) electrons. The smallest absolute Gasteiger partial charge is 0.342 e. The van der Waals surface area contributed by atoms with E-state index in [2.05, 4.69) is 20.8 Å². The fourth-order valence-electron chi connectivity index (χ4n) is 3.17. The molecule has 3 N–H and O–H groups in total. The minimum absolute atomic E-state index is 0.0711. The number of nitrogen functional groups attached to an aromatic ring is 1. The molecular weight excluding hydrogens is 266 g/mol. The largest absolute Gasteiger partial charge is 0.507 e. The number of phenolic OH excluding ortho intramolecular Hbond substituents is 1. The van der Waals surface area contributed by atoms with Crippen molar-refractivity contribution in [2.45, 2.75) is 46.1 Å². The van der Waals surface area contributed by atoms with Crippen LogP contribution in [0.4, 0.5) is 5.69 Å². The summed E-state index contributed by atoms with van der Waals surface area (Å²) in [6, 6.07) is 4.49. The summed E-state index contributed by atoms with van der Waals surface area (Å²) in [5, 5.41) is 9.84. The first-order valence-corrected chi connectivity index (χ1v) is 7.68. The second-order valence-corrected chi connectivity index (χ2v) is 6.55. The summed E-state index contributed by atoms with van der Waals surface area (Å²) in [6.07, 6.45) is 3.09. The maximum Gasteiger partial charge on any atom is 0.342 e. The third kappa shape index (κ3) is 3.69. The van der Waals surface area contributed by atoms with E-state index in [1.807, 2.05) is 0 Å². The molecule has 0 bridgehead atoms. The molecule has 4 nitrogen and oxygen atoms in total. The van der Waals surface area contributed by atoms with Gasteiger partial charge in [-0.05, 0) is 42.7 Å². The summed E-state index contributed by atoms with van der Waals surface area (Å²) < 4.78 is 5.70. The van der Waals surface area contributed by atoms with Crippen molar-refractivity contribution in [3.05, 3.63) is 23.8 Å². The lowest BCUT2D eigenvalue weighted by Gasteiger charge is -2.36. The third-order valence-corrected chi connectivity index (χ3v) is 4.46. The maximum atomic E-state index is 12.3. The molecule has 0 spiro atoms. The number of ether oxygens (including phenoxy) is 1. The van der Waals surface area contributed by atoms with Crippen LogP contribution in [0.1, 0.15) is 50.4 Å². The minimum Gasteiger partial charge on any atom is -0.507 e. The Kier molecular flexibility index (Phi) is 4.76. The quantitative estimate of drug-likeness (QED) is 0.659. The average Bonchev–Trinajstić information content (AvgIpc) is 2.37. The van der Waals surface area contributed by atoms with Gasteiger partial charge in [-0.3, -0.25) is 0 Å². The number of carbonyl (C=O) groups is 1. The summed E-state index contributed by atoms with van der Waals surface area (Å²) in [5.41, 5.74) is 6.19. The molecule has 1 aliphatic carbocycles. The van der Waals surface area contributed by atoms with E-state index in [9.17, 15) is 9.90 Å². The molecule has 0 aliphatic heterocycles. The predicted molar refractivity (Wildman–Crippen MR) is 83.1 cm³/mol. The molecule has 4 heteroatoms. The van der Waals surface area contributed by atoms with E-state index in [0.717, 1.165) is 12.8 Å². The van der Waals surface area contributed by atoms with Crippen molar-refractivity contribution >= 4 is 11.7 Å². The fraction of sp³-hybridized carbons (Fsp3) is 0.588. The van der Waals surface area contributed by atoms with Gasteiger partial charge in [0.1, 0.15) is 17.4 Å². The number of aromatic hydroxyl groups is 1. The highest BCUT2D eigenvalue weighted by Crippen LogP contribution is 2.36. The molecule has 3 atom stereocenters.